The predicted molar refractivity (Wildman–Crippen MR) is 77.4 cm³/mol. The maximum atomic E-state index is 11.0. The van der Waals surface area contributed by atoms with Crippen molar-refractivity contribution in [3.8, 4) is 0 Å². The highest BCUT2D eigenvalue weighted by atomic mass is 79.9. The van der Waals surface area contributed by atoms with Crippen LogP contribution in [0.4, 0.5) is 5.69 Å². The number of nitrogens with zero attached hydrogens (tertiary/aromatic N) is 4. The van der Waals surface area contributed by atoms with Crippen LogP contribution >= 0.6 is 31.9 Å². The number of alkyl halides is 1. The van der Waals surface area contributed by atoms with Crippen LogP contribution in [0.1, 0.15) is 11.3 Å². The first-order valence-electron chi connectivity index (χ1n) is 5.48. The van der Waals surface area contributed by atoms with Crippen LogP contribution in [0.2, 0.25) is 0 Å². The van der Waals surface area contributed by atoms with Gasteiger partial charge in [0.15, 0.2) is 0 Å². The van der Waals surface area contributed by atoms with Gasteiger partial charge in [-0.15, -0.1) is 5.10 Å². The number of nitro benzene ring substituents is 1. The van der Waals surface area contributed by atoms with E-state index in [9.17, 15) is 10.1 Å². The van der Waals surface area contributed by atoms with E-state index in [4.69, 9.17) is 0 Å². The number of aromatic nitrogens is 3. The monoisotopic (exact) mass is 388 g/mol. The van der Waals surface area contributed by atoms with Gasteiger partial charge in [0.1, 0.15) is 0 Å². The van der Waals surface area contributed by atoms with Crippen LogP contribution in [0, 0.1) is 10.1 Å². The minimum Gasteiger partial charge on any atom is -0.258 e. The summed E-state index contributed by atoms with van der Waals surface area (Å²) in [6.45, 7) is 0.332. The highest BCUT2D eigenvalue weighted by Crippen LogP contribution is 2.24. The smallest absolute Gasteiger partial charge is 0.258 e. The second kappa shape index (κ2) is 6.25. The fourth-order valence-corrected chi connectivity index (χ4v) is 2.40. The molecule has 0 radical (unpaired) electrons. The van der Waals surface area contributed by atoms with E-state index >= 15 is 0 Å². The lowest BCUT2D eigenvalue weighted by molar-refractivity contribution is -0.385. The molecular formula is C11H10Br2N4O2. The predicted octanol–water partition coefficient (Wildman–Crippen LogP) is 2.93. The molecule has 0 N–H and O–H groups in total. The SMILES string of the molecule is O=[N+]([O-])c1cc(Br)ccc1Cn1cc(CCBr)nn1. The van der Waals surface area contributed by atoms with E-state index in [1.165, 1.54) is 6.07 Å². The van der Waals surface area contributed by atoms with Gasteiger partial charge in [-0.3, -0.25) is 10.1 Å². The van der Waals surface area contributed by atoms with Gasteiger partial charge in [-0.25, -0.2) is 4.68 Å². The van der Waals surface area contributed by atoms with Gasteiger partial charge >= 0.3 is 0 Å². The van der Waals surface area contributed by atoms with Gasteiger partial charge in [-0.1, -0.05) is 37.1 Å². The number of hydrogen-bond donors (Lipinski definition) is 0. The molecule has 1 aromatic heterocycles. The maximum Gasteiger partial charge on any atom is 0.275 e. The summed E-state index contributed by atoms with van der Waals surface area (Å²) in [4.78, 5) is 10.6. The van der Waals surface area contributed by atoms with Gasteiger partial charge in [0, 0.05) is 28.5 Å². The number of halogens is 2. The summed E-state index contributed by atoms with van der Waals surface area (Å²) in [5.41, 5.74) is 1.53. The molecule has 2 rings (SSSR count). The number of nitro groups is 1. The molecule has 1 heterocycles. The minimum absolute atomic E-state index is 0.0758. The van der Waals surface area contributed by atoms with E-state index in [-0.39, 0.29) is 5.69 Å². The van der Waals surface area contributed by atoms with Crippen molar-refractivity contribution >= 4 is 37.5 Å². The van der Waals surface area contributed by atoms with E-state index in [2.05, 4.69) is 42.2 Å². The highest BCUT2D eigenvalue weighted by Gasteiger charge is 2.15. The number of aryl methyl sites for hydroxylation is 1. The Morgan fingerprint density at radius 2 is 2.21 bits per heavy atom. The third-order valence-corrected chi connectivity index (χ3v) is 3.40. The zero-order valence-corrected chi connectivity index (χ0v) is 13.0. The van der Waals surface area contributed by atoms with Crippen LogP contribution in [0.3, 0.4) is 0 Å². The number of hydrogen-bond acceptors (Lipinski definition) is 4. The lowest BCUT2D eigenvalue weighted by Gasteiger charge is -2.03. The summed E-state index contributed by atoms with van der Waals surface area (Å²) < 4.78 is 2.29. The summed E-state index contributed by atoms with van der Waals surface area (Å²) in [5, 5.41) is 19.8. The highest BCUT2D eigenvalue weighted by molar-refractivity contribution is 9.10. The molecule has 0 saturated heterocycles. The van der Waals surface area contributed by atoms with E-state index in [1.807, 2.05) is 0 Å². The van der Waals surface area contributed by atoms with Gasteiger partial charge in [0.2, 0.25) is 0 Å². The van der Waals surface area contributed by atoms with Crippen molar-refractivity contribution in [2.75, 3.05) is 5.33 Å². The molecule has 0 atom stereocenters. The molecule has 0 bridgehead atoms. The van der Waals surface area contributed by atoms with Crippen LogP contribution in [0.5, 0.6) is 0 Å². The fourth-order valence-electron chi connectivity index (χ4n) is 1.64. The lowest BCUT2D eigenvalue weighted by Crippen LogP contribution is -2.04. The Hall–Kier alpha value is -1.28. The Labute approximate surface area is 126 Å². The molecule has 100 valence electrons. The minimum atomic E-state index is -0.392. The third kappa shape index (κ3) is 3.60. The summed E-state index contributed by atoms with van der Waals surface area (Å²) in [6.07, 6.45) is 2.58. The van der Waals surface area contributed by atoms with E-state index in [1.54, 1.807) is 23.0 Å². The molecular weight excluding hydrogens is 380 g/mol. The maximum absolute atomic E-state index is 11.0. The van der Waals surface area contributed by atoms with Crippen LogP contribution in [-0.2, 0) is 13.0 Å². The second-order valence-corrected chi connectivity index (χ2v) is 5.59. The summed E-state index contributed by atoms with van der Waals surface area (Å²) >= 11 is 6.56. The fraction of sp³-hybridized carbons (Fsp3) is 0.273. The molecule has 0 aliphatic rings. The Morgan fingerprint density at radius 3 is 2.89 bits per heavy atom. The largest absolute Gasteiger partial charge is 0.275 e. The zero-order valence-electron chi connectivity index (χ0n) is 9.79. The average Bonchev–Trinajstić information content (AvgIpc) is 2.79. The first-order valence-corrected chi connectivity index (χ1v) is 7.39. The van der Waals surface area contributed by atoms with Crippen molar-refractivity contribution in [1.29, 1.82) is 0 Å². The van der Waals surface area contributed by atoms with Crippen LogP contribution in [0.15, 0.2) is 28.9 Å². The molecule has 0 aliphatic heterocycles. The molecule has 0 aliphatic carbocycles. The van der Waals surface area contributed by atoms with Gasteiger partial charge in [0.05, 0.1) is 22.7 Å². The lowest BCUT2D eigenvalue weighted by atomic mass is 10.2. The normalized spacial score (nSPS) is 10.6. The van der Waals surface area contributed by atoms with Gasteiger partial charge in [-0.05, 0) is 12.1 Å². The second-order valence-electron chi connectivity index (χ2n) is 3.88. The molecule has 0 amide bonds. The molecule has 2 aromatic rings. The van der Waals surface area contributed by atoms with E-state index < -0.39 is 4.92 Å². The molecule has 0 fully saturated rings. The molecule has 0 saturated carbocycles. The average molecular weight is 390 g/mol. The van der Waals surface area contributed by atoms with Crippen LogP contribution in [0.25, 0.3) is 0 Å². The van der Waals surface area contributed by atoms with Gasteiger partial charge in [-0.2, -0.15) is 0 Å². The van der Waals surface area contributed by atoms with E-state index in [0.29, 0.717) is 16.6 Å². The van der Waals surface area contributed by atoms with Crippen molar-refractivity contribution in [2.24, 2.45) is 0 Å². The molecule has 19 heavy (non-hydrogen) atoms. The Balaban J connectivity index is 2.24. The van der Waals surface area contributed by atoms with Crippen LogP contribution < -0.4 is 0 Å². The van der Waals surface area contributed by atoms with Crippen molar-refractivity contribution in [2.45, 2.75) is 13.0 Å². The summed E-state index contributed by atoms with van der Waals surface area (Å²) in [7, 11) is 0. The zero-order chi connectivity index (χ0) is 13.8. The standard InChI is InChI=1S/C11H10Br2N4O2/c12-4-3-10-7-16(15-14-10)6-8-1-2-9(13)5-11(8)17(18)19/h1-2,5,7H,3-4,6H2. The number of benzene rings is 1. The summed E-state index contributed by atoms with van der Waals surface area (Å²) in [5.74, 6) is 0. The molecule has 8 heteroatoms. The van der Waals surface area contributed by atoms with Gasteiger partial charge < -0.3 is 0 Å². The van der Waals surface area contributed by atoms with Crippen LogP contribution in [-0.4, -0.2) is 25.2 Å². The first-order chi connectivity index (χ1) is 9.10. The molecule has 0 spiro atoms. The van der Waals surface area contributed by atoms with Crippen molar-refractivity contribution in [3.05, 3.63) is 50.2 Å². The molecule has 1 aromatic carbocycles. The van der Waals surface area contributed by atoms with Crippen molar-refractivity contribution in [1.82, 2.24) is 15.0 Å². The van der Waals surface area contributed by atoms with Crippen molar-refractivity contribution in [3.63, 3.8) is 0 Å². The Bertz CT molecular complexity index is 600. The quantitative estimate of drug-likeness (QED) is 0.447. The Morgan fingerprint density at radius 1 is 1.42 bits per heavy atom. The van der Waals surface area contributed by atoms with Crippen molar-refractivity contribution < 1.29 is 4.92 Å². The Kier molecular flexibility index (Phi) is 4.65. The summed E-state index contributed by atoms with van der Waals surface area (Å²) in [6, 6.07) is 4.98. The third-order valence-electron chi connectivity index (χ3n) is 2.51. The molecule has 0 unspecified atom stereocenters. The van der Waals surface area contributed by atoms with Gasteiger partial charge in [0.25, 0.3) is 5.69 Å². The molecule has 6 nitrogen and oxygen atoms in total. The first kappa shape index (κ1) is 14.1. The number of rotatable bonds is 5. The van der Waals surface area contributed by atoms with E-state index in [0.717, 1.165) is 17.4 Å². The topological polar surface area (TPSA) is 73.8 Å².